The first-order chi connectivity index (χ1) is 13.1. The number of nitrogens with zero attached hydrogens (tertiary/aromatic N) is 3. The van der Waals surface area contributed by atoms with Crippen molar-refractivity contribution in [2.75, 3.05) is 59.7 Å². The van der Waals surface area contributed by atoms with Crippen LogP contribution in [0, 0.1) is 5.92 Å². The smallest absolute Gasteiger partial charge is 0.193 e. The lowest BCUT2D eigenvalue weighted by atomic mass is 9.88. The summed E-state index contributed by atoms with van der Waals surface area (Å²) in [6.45, 7) is 4.81. The van der Waals surface area contributed by atoms with Crippen molar-refractivity contribution in [1.82, 2.24) is 15.1 Å². The molecule has 0 bridgehead atoms. The average molecular weight is 391 g/mol. The van der Waals surface area contributed by atoms with Gasteiger partial charge in [0.2, 0.25) is 0 Å². The lowest BCUT2D eigenvalue weighted by Crippen LogP contribution is -2.57. The monoisotopic (exact) mass is 390 g/mol. The van der Waals surface area contributed by atoms with Gasteiger partial charge in [0, 0.05) is 56.1 Å². The Morgan fingerprint density at radius 1 is 1.30 bits per heavy atom. The maximum absolute atomic E-state index is 5.59. The number of nitrogens with one attached hydrogen (secondary N) is 1. The third-order valence-electron chi connectivity index (χ3n) is 5.97. The Bertz CT molecular complexity index is 601. The van der Waals surface area contributed by atoms with Crippen LogP contribution in [0.4, 0.5) is 0 Å². The topological polar surface area (TPSA) is 40.1 Å². The van der Waals surface area contributed by atoms with Gasteiger partial charge in [0.05, 0.1) is 0 Å². The Hall–Kier alpha value is -1.24. The molecule has 0 saturated carbocycles. The van der Waals surface area contributed by atoms with E-state index in [1.165, 1.54) is 17.1 Å². The molecule has 2 saturated heterocycles. The normalized spacial score (nSPS) is 23.0. The minimum absolute atomic E-state index is 0.163. The van der Waals surface area contributed by atoms with Crippen molar-refractivity contribution in [3.05, 3.63) is 30.3 Å². The molecule has 1 unspecified atom stereocenters. The zero-order valence-corrected chi connectivity index (χ0v) is 17.8. The quantitative estimate of drug-likeness (QED) is 0.459. The summed E-state index contributed by atoms with van der Waals surface area (Å²) in [7, 11) is 6.27. The number of likely N-dealkylation sites (N-methyl/N-ethyl adjacent to an activating group) is 1. The van der Waals surface area contributed by atoms with Gasteiger partial charge in [0.15, 0.2) is 5.96 Å². The largest absolute Gasteiger partial charge is 0.381 e. The molecule has 3 rings (SSSR count). The first kappa shape index (κ1) is 20.5. The highest BCUT2D eigenvalue weighted by atomic mass is 32.2. The molecule has 1 aromatic rings. The van der Waals surface area contributed by atoms with E-state index in [0.717, 1.165) is 57.6 Å². The number of guanidine groups is 1. The number of thioether (sulfide) groups is 1. The van der Waals surface area contributed by atoms with Crippen LogP contribution in [0.1, 0.15) is 19.3 Å². The van der Waals surface area contributed by atoms with Crippen LogP contribution in [-0.4, -0.2) is 81.0 Å². The van der Waals surface area contributed by atoms with Crippen molar-refractivity contribution in [2.24, 2.45) is 10.9 Å². The molecule has 27 heavy (non-hydrogen) atoms. The summed E-state index contributed by atoms with van der Waals surface area (Å²) in [5.41, 5.74) is 0.163. The fourth-order valence-electron chi connectivity index (χ4n) is 4.00. The minimum atomic E-state index is 0.163. The van der Waals surface area contributed by atoms with E-state index in [9.17, 15) is 0 Å². The number of rotatable bonds is 6. The fraction of sp³-hybridized carbons (Fsp3) is 0.667. The molecule has 1 atom stereocenters. The molecule has 1 aromatic carbocycles. The van der Waals surface area contributed by atoms with E-state index in [4.69, 9.17) is 4.74 Å². The summed E-state index contributed by atoms with van der Waals surface area (Å²) in [5, 5.41) is 3.67. The molecule has 6 heteroatoms. The molecule has 2 aliphatic rings. The third kappa shape index (κ3) is 5.39. The highest BCUT2D eigenvalue weighted by Gasteiger charge is 2.35. The fourth-order valence-corrected chi connectivity index (χ4v) is 5.05. The second-order valence-electron chi connectivity index (χ2n) is 7.86. The number of likely N-dealkylation sites (tertiary alicyclic amines) is 1. The summed E-state index contributed by atoms with van der Waals surface area (Å²) >= 11 is 1.97. The van der Waals surface area contributed by atoms with Gasteiger partial charge in [-0.3, -0.25) is 4.99 Å². The molecular formula is C21H34N4OS. The molecule has 0 spiro atoms. The van der Waals surface area contributed by atoms with Crippen molar-refractivity contribution in [3.8, 4) is 0 Å². The summed E-state index contributed by atoms with van der Waals surface area (Å²) < 4.78 is 5.59. The second-order valence-corrected chi connectivity index (χ2v) is 8.95. The van der Waals surface area contributed by atoms with Crippen LogP contribution < -0.4 is 5.32 Å². The molecule has 1 N–H and O–H groups in total. The van der Waals surface area contributed by atoms with Crippen LogP contribution in [0.2, 0.25) is 0 Å². The van der Waals surface area contributed by atoms with E-state index in [1.54, 1.807) is 0 Å². The molecular weight excluding hydrogens is 356 g/mol. The third-order valence-corrected chi connectivity index (χ3v) is 7.22. The van der Waals surface area contributed by atoms with Gasteiger partial charge >= 0.3 is 0 Å². The molecule has 2 fully saturated rings. The number of benzene rings is 1. The number of hydrogen-bond donors (Lipinski definition) is 1. The summed E-state index contributed by atoms with van der Waals surface area (Å²) in [5.74, 6) is 2.95. The van der Waals surface area contributed by atoms with Gasteiger partial charge in [-0.2, -0.15) is 0 Å². The molecule has 5 nitrogen and oxygen atoms in total. The molecule has 0 aromatic heterocycles. The zero-order chi connectivity index (χ0) is 19.1. The van der Waals surface area contributed by atoms with Crippen molar-refractivity contribution in [3.63, 3.8) is 0 Å². The van der Waals surface area contributed by atoms with Crippen molar-refractivity contribution in [1.29, 1.82) is 0 Å². The van der Waals surface area contributed by atoms with Gasteiger partial charge in [-0.1, -0.05) is 18.2 Å². The lowest BCUT2D eigenvalue weighted by Gasteiger charge is -2.43. The Morgan fingerprint density at radius 2 is 2.04 bits per heavy atom. The molecule has 150 valence electrons. The first-order valence-electron chi connectivity index (χ1n) is 10.0. The predicted octanol–water partition coefficient (Wildman–Crippen LogP) is 2.79. The van der Waals surface area contributed by atoms with E-state index in [0.29, 0.717) is 0 Å². The van der Waals surface area contributed by atoms with Crippen LogP contribution in [0.15, 0.2) is 40.2 Å². The molecule has 0 radical (unpaired) electrons. The molecule has 0 aliphatic carbocycles. The maximum atomic E-state index is 5.59. The van der Waals surface area contributed by atoms with Crippen molar-refractivity contribution < 1.29 is 4.74 Å². The molecule has 0 amide bonds. The highest BCUT2D eigenvalue weighted by molar-refractivity contribution is 7.99. The Labute approximate surface area is 168 Å². The average Bonchev–Trinajstić information content (AvgIpc) is 3.17. The lowest BCUT2D eigenvalue weighted by molar-refractivity contribution is -0.00522. The van der Waals surface area contributed by atoms with Crippen LogP contribution >= 0.6 is 11.8 Å². The van der Waals surface area contributed by atoms with E-state index in [-0.39, 0.29) is 5.54 Å². The van der Waals surface area contributed by atoms with Gasteiger partial charge in [-0.25, -0.2) is 0 Å². The first-order valence-corrected chi connectivity index (χ1v) is 11.0. The van der Waals surface area contributed by atoms with Crippen molar-refractivity contribution in [2.45, 2.75) is 29.7 Å². The van der Waals surface area contributed by atoms with E-state index >= 15 is 0 Å². The summed E-state index contributed by atoms with van der Waals surface area (Å²) in [6, 6.07) is 10.7. The maximum Gasteiger partial charge on any atom is 0.193 e. The van der Waals surface area contributed by atoms with Gasteiger partial charge in [-0.15, -0.1) is 11.8 Å². The van der Waals surface area contributed by atoms with E-state index < -0.39 is 0 Å². The number of aliphatic imine (C=N–C) groups is 1. The Kier molecular flexibility index (Phi) is 7.44. The zero-order valence-electron chi connectivity index (χ0n) is 17.0. The predicted molar refractivity (Wildman–Crippen MR) is 115 cm³/mol. The Balaban J connectivity index is 1.49. The van der Waals surface area contributed by atoms with Gasteiger partial charge in [-0.05, 0) is 51.4 Å². The highest BCUT2D eigenvalue weighted by Crippen LogP contribution is 2.27. The van der Waals surface area contributed by atoms with E-state index in [2.05, 4.69) is 64.5 Å². The Morgan fingerprint density at radius 3 is 2.70 bits per heavy atom. The second kappa shape index (κ2) is 9.80. The van der Waals surface area contributed by atoms with Crippen LogP contribution in [0.25, 0.3) is 0 Å². The minimum Gasteiger partial charge on any atom is -0.381 e. The standard InChI is InChI=1S/C21H34N4OS/c1-22-20(23-17-21(24(2)3)10-13-26-14-11-21)25-12-9-18(15-25)16-27-19-7-5-4-6-8-19/h4-8,18H,9-17H2,1-3H3,(H,22,23). The number of hydrogen-bond acceptors (Lipinski definition) is 4. The van der Waals surface area contributed by atoms with Gasteiger partial charge in [0.25, 0.3) is 0 Å². The van der Waals surface area contributed by atoms with Gasteiger partial charge in [0.1, 0.15) is 0 Å². The summed E-state index contributed by atoms with van der Waals surface area (Å²) in [4.78, 5) is 10.7. The van der Waals surface area contributed by atoms with Gasteiger partial charge < -0.3 is 19.9 Å². The van der Waals surface area contributed by atoms with Crippen LogP contribution in [0.5, 0.6) is 0 Å². The van der Waals surface area contributed by atoms with Crippen molar-refractivity contribution >= 4 is 17.7 Å². The molecule has 2 heterocycles. The van der Waals surface area contributed by atoms with Crippen LogP contribution in [0.3, 0.4) is 0 Å². The van der Waals surface area contributed by atoms with Crippen LogP contribution in [-0.2, 0) is 4.74 Å². The summed E-state index contributed by atoms with van der Waals surface area (Å²) in [6.07, 6.45) is 3.38. The number of ether oxygens (including phenoxy) is 1. The molecule has 2 aliphatic heterocycles. The SMILES string of the molecule is CN=C(NCC1(N(C)C)CCOCC1)N1CCC(CSc2ccccc2)C1. The van der Waals surface area contributed by atoms with E-state index in [1.807, 2.05) is 18.8 Å².